The van der Waals surface area contributed by atoms with Crippen molar-refractivity contribution in [2.24, 2.45) is 5.73 Å². The Morgan fingerprint density at radius 2 is 2.33 bits per heavy atom. The SMILES string of the molecule is COc1cccc(C(N)c2ncon2)c1. The molecular formula is C10H11N3O2. The van der Waals surface area contributed by atoms with Gasteiger partial charge in [0.1, 0.15) is 5.75 Å². The molecule has 5 heteroatoms. The minimum Gasteiger partial charge on any atom is -0.497 e. The molecule has 78 valence electrons. The molecule has 1 atom stereocenters. The summed E-state index contributed by atoms with van der Waals surface area (Å²) in [5.41, 5.74) is 6.83. The molecule has 0 saturated heterocycles. The molecule has 0 aliphatic heterocycles. The van der Waals surface area contributed by atoms with Gasteiger partial charge in [-0.05, 0) is 17.7 Å². The zero-order valence-corrected chi connectivity index (χ0v) is 8.25. The lowest BCUT2D eigenvalue weighted by Crippen LogP contribution is -2.13. The van der Waals surface area contributed by atoms with Gasteiger partial charge in [-0.2, -0.15) is 4.98 Å². The third kappa shape index (κ3) is 1.97. The van der Waals surface area contributed by atoms with Crippen molar-refractivity contribution in [1.82, 2.24) is 10.1 Å². The van der Waals surface area contributed by atoms with E-state index >= 15 is 0 Å². The summed E-state index contributed by atoms with van der Waals surface area (Å²) in [5, 5.41) is 3.70. The first-order chi connectivity index (χ1) is 7.31. The normalized spacial score (nSPS) is 12.4. The van der Waals surface area contributed by atoms with Gasteiger partial charge in [0, 0.05) is 0 Å². The van der Waals surface area contributed by atoms with Gasteiger partial charge in [-0.3, -0.25) is 0 Å². The maximum atomic E-state index is 5.94. The van der Waals surface area contributed by atoms with Crippen LogP contribution < -0.4 is 10.5 Å². The summed E-state index contributed by atoms with van der Waals surface area (Å²) in [6.07, 6.45) is 1.26. The highest BCUT2D eigenvalue weighted by molar-refractivity contribution is 5.32. The Hall–Kier alpha value is -1.88. The van der Waals surface area contributed by atoms with Crippen LogP contribution in [0.15, 0.2) is 35.2 Å². The smallest absolute Gasteiger partial charge is 0.213 e. The first-order valence-corrected chi connectivity index (χ1v) is 4.47. The highest BCUT2D eigenvalue weighted by Crippen LogP contribution is 2.20. The summed E-state index contributed by atoms with van der Waals surface area (Å²) < 4.78 is 9.74. The minimum absolute atomic E-state index is 0.390. The second-order valence-electron chi connectivity index (χ2n) is 3.04. The second kappa shape index (κ2) is 4.10. The first kappa shape index (κ1) is 9.67. The van der Waals surface area contributed by atoms with Crippen LogP contribution in [0.1, 0.15) is 17.4 Å². The molecule has 1 unspecified atom stereocenters. The average molecular weight is 205 g/mol. The molecule has 0 spiro atoms. The molecule has 1 heterocycles. The zero-order chi connectivity index (χ0) is 10.7. The van der Waals surface area contributed by atoms with E-state index in [2.05, 4.69) is 14.7 Å². The summed E-state index contributed by atoms with van der Waals surface area (Å²) >= 11 is 0. The van der Waals surface area contributed by atoms with Crippen LogP contribution in [-0.2, 0) is 0 Å². The van der Waals surface area contributed by atoms with Gasteiger partial charge in [0.05, 0.1) is 13.2 Å². The van der Waals surface area contributed by atoms with E-state index in [0.29, 0.717) is 5.82 Å². The van der Waals surface area contributed by atoms with Crippen LogP contribution >= 0.6 is 0 Å². The highest BCUT2D eigenvalue weighted by atomic mass is 16.5. The molecule has 1 aromatic heterocycles. The number of benzene rings is 1. The number of nitrogens with two attached hydrogens (primary N) is 1. The largest absolute Gasteiger partial charge is 0.497 e. The van der Waals surface area contributed by atoms with Crippen LogP contribution in [0.2, 0.25) is 0 Å². The fourth-order valence-electron chi connectivity index (χ4n) is 1.30. The highest BCUT2D eigenvalue weighted by Gasteiger charge is 2.13. The number of aromatic nitrogens is 2. The fraction of sp³-hybridized carbons (Fsp3) is 0.200. The van der Waals surface area contributed by atoms with Gasteiger partial charge in [-0.1, -0.05) is 17.3 Å². The Morgan fingerprint density at radius 3 is 3.00 bits per heavy atom. The number of nitrogens with zero attached hydrogens (tertiary/aromatic N) is 2. The van der Waals surface area contributed by atoms with Gasteiger partial charge < -0.3 is 15.0 Å². The van der Waals surface area contributed by atoms with E-state index in [4.69, 9.17) is 10.5 Å². The molecular weight excluding hydrogens is 194 g/mol. The molecule has 0 aliphatic rings. The number of hydrogen-bond donors (Lipinski definition) is 1. The van der Waals surface area contributed by atoms with Crippen LogP contribution in [0.5, 0.6) is 5.75 Å². The van der Waals surface area contributed by atoms with Crippen LogP contribution in [0.3, 0.4) is 0 Å². The lowest BCUT2D eigenvalue weighted by Gasteiger charge is -2.08. The molecule has 0 bridgehead atoms. The Bertz CT molecular complexity index is 428. The summed E-state index contributed by atoms with van der Waals surface area (Å²) in [4.78, 5) is 3.90. The van der Waals surface area contributed by atoms with E-state index in [-0.39, 0.29) is 6.04 Å². The molecule has 2 N–H and O–H groups in total. The van der Waals surface area contributed by atoms with Gasteiger partial charge >= 0.3 is 0 Å². The van der Waals surface area contributed by atoms with Crippen LogP contribution in [0, 0.1) is 0 Å². The van der Waals surface area contributed by atoms with E-state index in [9.17, 15) is 0 Å². The van der Waals surface area contributed by atoms with Crippen molar-refractivity contribution in [2.45, 2.75) is 6.04 Å². The minimum atomic E-state index is -0.390. The van der Waals surface area contributed by atoms with Crippen molar-refractivity contribution >= 4 is 0 Å². The van der Waals surface area contributed by atoms with Gasteiger partial charge in [-0.15, -0.1) is 0 Å². The van der Waals surface area contributed by atoms with E-state index < -0.39 is 0 Å². The number of methoxy groups -OCH3 is 1. The molecule has 1 aromatic carbocycles. The molecule has 15 heavy (non-hydrogen) atoms. The molecule has 0 fully saturated rings. The van der Waals surface area contributed by atoms with Gasteiger partial charge in [0.25, 0.3) is 0 Å². The number of hydrogen-bond acceptors (Lipinski definition) is 5. The Kier molecular flexibility index (Phi) is 2.64. The van der Waals surface area contributed by atoms with E-state index in [1.165, 1.54) is 6.39 Å². The molecule has 5 nitrogen and oxygen atoms in total. The number of rotatable bonds is 3. The first-order valence-electron chi connectivity index (χ1n) is 4.47. The standard InChI is InChI=1S/C10H11N3O2/c1-14-8-4-2-3-7(5-8)9(11)10-12-6-15-13-10/h2-6,9H,11H2,1H3. The Labute approximate surface area is 86.9 Å². The third-order valence-electron chi connectivity index (χ3n) is 2.11. The second-order valence-corrected chi connectivity index (χ2v) is 3.04. The maximum Gasteiger partial charge on any atom is 0.213 e. The summed E-state index contributed by atoms with van der Waals surface area (Å²) in [5.74, 6) is 1.22. The summed E-state index contributed by atoms with van der Waals surface area (Å²) in [7, 11) is 1.61. The number of ether oxygens (including phenoxy) is 1. The van der Waals surface area contributed by atoms with Crippen molar-refractivity contribution in [2.75, 3.05) is 7.11 Å². The van der Waals surface area contributed by atoms with Gasteiger partial charge in [0.15, 0.2) is 5.82 Å². The summed E-state index contributed by atoms with van der Waals surface area (Å²) in [6, 6.07) is 7.07. The zero-order valence-electron chi connectivity index (χ0n) is 8.25. The van der Waals surface area contributed by atoms with Crippen LogP contribution in [0.25, 0.3) is 0 Å². The maximum absolute atomic E-state index is 5.94. The fourth-order valence-corrected chi connectivity index (χ4v) is 1.30. The predicted octanol–water partition coefficient (Wildman–Crippen LogP) is 1.13. The van der Waals surface area contributed by atoms with Crippen molar-refractivity contribution in [1.29, 1.82) is 0 Å². The lowest BCUT2D eigenvalue weighted by molar-refractivity contribution is 0.406. The van der Waals surface area contributed by atoms with E-state index in [1.54, 1.807) is 7.11 Å². The third-order valence-corrected chi connectivity index (χ3v) is 2.11. The molecule has 2 rings (SSSR count). The molecule has 0 radical (unpaired) electrons. The van der Waals surface area contributed by atoms with Crippen molar-refractivity contribution < 1.29 is 9.26 Å². The van der Waals surface area contributed by atoms with Crippen molar-refractivity contribution in [3.63, 3.8) is 0 Å². The molecule has 0 amide bonds. The van der Waals surface area contributed by atoms with Crippen LogP contribution in [0.4, 0.5) is 0 Å². The quantitative estimate of drug-likeness (QED) is 0.812. The van der Waals surface area contributed by atoms with Gasteiger partial charge in [-0.25, -0.2) is 0 Å². The summed E-state index contributed by atoms with van der Waals surface area (Å²) in [6.45, 7) is 0. The van der Waals surface area contributed by atoms with Crippen molar-refractivity contribution in [3.8, 4) is 5.75 Å². The topological polar surface area (TPSA) is 74.2 Å². The molecule has 0 saturated carbocycles. The Balaban J connectivity index is 2.29. The van der Waals surface area contributed by atoms with Crippen molar-refractivity contribution in [3.05, 3.63) is 42.0 Å². The predicted molar refractivity (Wildman–Crippen MR) is 53.3 cm³/mol. The van der Waals surface area contributed by atoms with Crippen LogP contribution in [-0.4, -0.2) is 17.3 Å². The molecule has 0 aliphatic carbocycles. The lowest BCUT2D eigenvalue weighted by atomic mass is 10.1. The van der Waals surface area contributed by atoms with Gasteiger partial charge in [0.2, 0.25) is 6.39 Å². The Morgan fingerprint density at radius 1 is 1.47 bits per heavy atom. The van der Waals surface area contributed by atoms with E-state index in [1.807, 2.05) is 24.3 Å². The average Bonchev–Trinajstić information content (AvgIpc) is 2.81. The van der Waals surface area contributed by atoms with E-state index in [0.717, 1.165) is 11.3 Å². The molecule has 2 aromatic rings. The monoisotopic (exact) mass is 205 g/mol.